The van der Waals surface area contributed by atoms with Crippen LogP contribution in [-0.4, -0.2) is 5.92 Å². The summed E-state index contributed by atoms with van der Waals surface area (Å²) in [6.45, 7) is 12.1. The molecule has 3 unspecified atom stereocenters. The first-order chi connectivity index (χ1) is 26.1. The minimum absolute atomic E-state index is 0.109. The summed E-state index contributed by atoms with van der Waals surface area (Å²) in [5.41, 5.74) is 16.8. The van der Waals surface area contributed by atoms with E-state index < -0.39 is 21.5 Å². The van der Waals surface area contributed by atoms with E-state index in [2.05, 4.69) is 131 Å². The van der Waals surface area contributed by atoms with Crippen LogP contribution in [0, 0.1) is 5.92 Å². The third-order valence-corrected chi connectivity index (χ3v) is 66.4. The van der Waals surface area contributed by atoms with E-state index in [-0.39, 0.29) is 7.25 Å². The van der Waals surface area contributed by atoms with Crippen molar-refractivity contribution in [3.05, 3.63) is 129 Å². The SMILES string of the molecule is CCC1=Cc2c(-c3ccc(C4CCCCC4)cc3)cccc2[CH]1[Zr]([Cl])([Cl])([CH]1C(C(C)CC)=Cc2c(-c3ccc(C4CCCCC4)cc3)cccc21)[SiH](C)C. The number of rotatable bonds is 10. The standard InChI is InChI=1S/C25H29.C23H25.C2H7Si.2ClH.Zr/c1-3-18(2)23-16-22-10-7-11-24(25(22)17-23)21-14-12-20(13-15-21)19-8-5-4-6-9-19;1-2-17-15-21-9-6-10-22(23(21)16-17)20-13-11-19(12-14-20)18-7-4-3-5-8-18;1-3-2;;;/h7,10-19H,3-6,8-9H2,1-2H3;6,9-16,18H,2-5,7-8H2,1H3;3H,1-2H3;2*1H;/q;;;;;+2/p-2. The van der Waals surface area contributed by atoms with Crippen LogP contribution in [0.4, 0.5) is 0 Å². The van der Waals surface area contributed by atoms with E-state index >= 15 is 0 Å². The first-order valence-corrected chi connectivity index (χ1v) is 37.9. The van der Waals surface area contributed by atoms with E-state index in [1.165, 1.54) is 131 Å². The van der Waals surface area contributed by atoms with Crippen molar-refractivity contribution in [3.63, 3.8) is 0 Å². The average molecular weight is 852 g/mol. The Labute approximate surface area is 335 Å². The van der Waals surface area contributed by atoms with E-state index in [1.54, 1.807) is 0 Å². The Hall–Kier alpha value is -1.96. The molecule has 0 saturated heterocycles. The summed E-state index contributed by atoms with van der Waals surface area (Å²) in [6.07, 6.45) is 20.7. The van der Waals surface area contributed by atoms with Gasteiger partial charge in [0.1, 0.15) is 0 Å². The molecule has 4 heteroatoms. The summed E-state index contributed by atoms with van der Waals surface area (Å²) in [7, 11) is 17.7. The molecule has 0 spiro atoms. The molecule has 0 bridgehead atoms. The number of hydrogen-bond donors (Lipinski definition) is 0. The van der Waals surface area contributed by atoms with Gasteiger partial charge >= 0.3 is 338 Å². The zero-order valence-electron chi connectivity index (χ0n) is 33.4. The zero-order chi connectivity index (χ0) is 37.6. The van der Waals surface area contributed by atoms with E-state index in [4.69, 9.17) is 17.0 Å². The summed E-state index contributed by atoms with van der Waals surface area (Å²) < 4.78 is 0.224. The second-order valence-corrected chi connectivity index (χ2v) is 60.3. The topological polar surface area (TPSA) is 0 Å². The van der Waals surface area contributed by atoms with E-state index in [1.807, 2.05) is 0 Å². The molecule has 4 aromatic rings. The molecular weight excluding hydrogens is 791 g/mol. The molecular formula is C50H61Cl2SiZr. The van der Waals surface area contributed by atoms with Crippen LogP contribution in [0.1, 0.15) is 150 Å². The summed E-state index contributed by atoms with van der Waals surface area (Å²) >= 11 is -4.88. The van der Waals surface area contributed by atoms with Crippen molar-refractivity contribution in [2.45, 2.75) is 130 Å². The number of hydrogen-bond acceptors (Lipinski definition) is 0. The molecule has 4 aliphatic rings. The van der Waals surface area contributed by atoms with Crippen LogP contribution in [0.15, 0.2) is 96.1 Å². The Morgan fingerprint density at radius 2 is 1.07 bits per heavy atom. The van der Waals surface area contributed by atoms with Crippen molar-refractivity contribution in [1.29, 1.82) is 0 Å². The number of fused-ring (bicyclic) bond motifs is 2. The van der Waals surface area contributed by atoms with E-state index in [0.29, 0.717) is 17.8 Å². The molecule has 54 heavy (non-hydrogen) atoms. The fraction of sp³-hybridized carbons (Fsp3) is 0.440. The fourth-order valence-corrected chi connectivity index (χ4v) is 42.7. The molecule has 2 saturated carbocycles. The monoisotopic (exact) mass is 849 g/mol. The van der Waals surface area contributed by atoms with Gasteiger partial charge in [-0.05, 0) is 0 Å². The van der Waals surface area contributed by atoms with Crippen molar-refractivity contribution < 1.29 is 15.6 Å². The molecule has 0 aromatic heterocycles. The van der Waals surface area contributed by atoms with Crippen LogP contribution in [0.2, 0.25) is 13.1 Å². The molecule has 0 radical (unpaired) electrons. The van der Waals surface area contributed by atoms with Crippen molar-refractivity contribution in [2.24, 2.45) is 5.92 Å². The molecule has 0 N–H and O–H groups in total. The van der Waals surface area contributed by atoms with E-state index in [9.17, 15) is 0 Å². The maximum atomic E-state index is 8.83. The van der Waals surface area contributed by atoms with Crippen LogP contribution in [0.5, 0.6) is 0 Å². The van der Waals surface area contributed by atoms with Crippen LogP contribution < -0.4 is 0 Å². The Kier molecular flexibility index (Phi) is 11.4. The first kappa shape index (κ1) is 38.9. The first-order valence-electron chi connectivity index (χ1n) is 21.6. The van der Waals surface area contributed by atoms with Gasteiger partial charge in [0.2, 0.25) is 0 Å². The van der Waals surface area contributed by atoms with Crippen molar-refractivity contribution in [2.75, 3.05) is 0 Å². The maximum absolute atomic E-state index is 8.83. The average Bonchev–Trinajstić information content (AvgIpc) is 3.82. The van der Waals surface area contributed by atoms with Gasteiger partial charge in [0.25, 0.3) is 0 Å². The molecule has 0 heterocycles. The predicted octanol–water partition coefficient (Wildman–Crippen LogP) is 16.1. The van der Waals surface area contributed by atoms with Gasteiger partial charge in [-0.15, -0.1) is 0 Å². The Balaban J connectivity index is 1.22. The Morgan fingerprint density at radius 3 is 1.52 bits per heavy atom. The van der Waals surface area contributed by atoms with Gasteiger partial charge in [-0.1, -0.05) is 0 Å². The summed E-state index contributed by atoms with van der Waals surface area (Å²) in [5, 5.41) is 0. The van der Waals surface area contributed by atoms with Gasteiger partial charge in [-0.3, -0.25) is 0 Å². The molecule has 283 valence electrons. The number of benzene rings is 4. The van der Waals surface area contributed by atoms with Crippen LogP contribution >= 0.6 is 17.0 Å². The van der Waals surface area contributed by atoms with Crippen molar-refractivity contribution in [1.82, 2.24) is 0 Å². The molecule has 8 rings (SSSR count). The Bertz CT molecular complexity index is 2040. The van der Waals surface area contributed by atoms with Gasteiger partial charge in [0, 0.05) is 0 Å². The third-order valence-electron chi connectivity index (χ3n) is 14.6. The van der Waals surface area contributed by atoms with Crippen LogP contribution in [0.25, 0.3) is 34.4 Å². The molecule has 3 atom stereocenters. The molecule has 0 amide bonds. The second-order valence-electron chi connectivity index (χ2n) is 17.8. The number of allylic oxidation sites excluding steroid dienone is 2. The van der Waals surface area contributed by atoms with Gasteiger partial charge in [-0.2, -0.15) is 0 Å². The molecule has 2 fully saturated rings. The zero-order valence-corrected chi connectivity index (χ0v) is 38.6. The normalized spacial score (nSPS) is 22.0. The van der Waals surface area contributed by atoms with E-state index in [0.717, 1.165) is 12.8 Å². The number of halogens is 2. The summed E-state index contributed by atoms with van der Waals surface area (Å²) in [4.78, 5) is 0. The van der Waals surface area contributed by atoms with Crippen molar-refractivity contribution >= 4 is 35.1 Å². The quantitative estimate of drug-likeness (QED) is 0.139. The molecule has 0 aliphatic heterocycles. The Morgan fingerprint density at radius 1 is 0.611 bits per heavy atom. The van der Waals surface area contributed by atoms with Gasteiger partial charge in [0.15, 0.2) is 0 Å². The van der Waals surface area contributed by atoms with Crippen LogP contribution in [-0.2, 0) is 15.6 Å². The van der Waals surface area contributed by atoms with Crippen molar-refractivity contribution in [3.8, 4) is 22.3 Å². The van der Waals surface area contributed by atoms with Gasteiger partial charge < -0.3 is 0 Å². The van der Waals surface area contributed by atoms with Gasteiger partial charge in [-0.25, -0.2) is 0 Å². The van der Waals surface area contributed by atoms with Crippen LogP contribution in [0.3, 0.4) is 0 Å². The summed E-state index contributed by atoms with van der Waals surface area (Å²) in [5.74, 6) is 0.186. The summed E-state index contributed by atoms with van der Waals surface area (Å²) in [6, 6.07) is 33.3. The molecule has 0 nitrogen and oxygen atoms in total. The second kappa shape index (κ2) is 15.8. The third kappa shape index (κ3) is 6.70. The molecule has 4 aliphatic carbocycles. The van der Waals surface area contributed by atoms with Gasteiger partial charge in [0.05, 0.1) is 0 Å². The predicted molar refractivity (Wildman–Crippen MR) is 237 cm³/mol. The fourth-order valence-electron chi connectivity index (χ4n) is 11.2. The molecule has 4 aromatic carbocycles. The minimum atomic E-state index is -4.88.